The van der Waals surface area contributed by atoms with Crippen LogP contribution in [-0.4, -0.2) is 78.3 Å². The van der Waals surface area contributed by atoms with E-state index in [-0.39, 0.29) is 34.3 Å². The number of carbonyl (C=O) groups is 2. The van der Waals surface area contributed by atoms with Crippen molar-refractivity contribution in [1.29, 1.82) is 0 Å². The summed E-state index contributed by atoms with van der Waals surface area (Å²) in [6, 6.07) is 3.30. The summed E-state index contributed by atoms with van der Waals surface area (Å²) in [6.07, 6.45) is -3.61. The van der Waals surface area contributed by atoms with Gasteiger partial charge in [0.2, 0.25) is 0 Å². The van der Waals surface area contributed by atoms with Crippen LogP contribution in [0.2, 0.25) is 0 Å². The van der Waals surface area contributed by atoms with Crippen molar-refractivity contribution in [3.05, 3.63) is 24.2 Å². The Balaban J connectivity index is 1.66. The van der Waals surface area contributed by atoms with Gasteiger partial charge in [-0.25, -0.2) is 14.1 Å². The summed E-state index contributed by atoms with van der Waals surface area (Å²) in [7, 11) is -4.27. The van der Waals surface area contributed by atoms with E-state index in [2.05, 4.69) is 10.1 Å². The van der Waals surface area contributed by atoms with Gasteiger partial charge in [0.15, 0.2) is 16.0 Å². The maximum atomic E-state index is 13.4. The molecule has 1 fully saturated rings. The zero-order valence-corrected chi connectivity index (χ0v) is 25.8. The van der Waals surface area contributed by atoms with Crippen molar-refractivity contribution >= 4 is 52.9 Å². The Hall–Kier alpha value is -1.55. The Morgan fingerprint density at radius 2 is 1.70 bits per heavy atom. The molecule has 0 bridgehead atoms. The topological polar surface area (TPSA) is 185 Å². The summed E-state index contributed by atoms with van der Waals surface area (Å²) in [5.74, 6) is 0.115. The first-order valence-electron chi connectivity index (χ1n) is 12.5. The van der Waals surface area contributed by atoms with Crippen LogP contribution in [-0.2, 0) is 32.5 Å². The first kappa shape index (κ1) is 33.0. The van der Waals surface area contributed by atoms with Crippen LogP contribution in [0, 0.1) is 10.8 Å². The molecule has 0 aromatic carbocycles. The van der Waals surface area contributed by atoms with Crippen molar-refractivity contribution in [2.45, 2.75) is 66.0 Å². The third kappa shape index (κ3) is 8.26. The number of rotatable bonds is 11. The van der Waals surface area contributed by atoms with Crippen LogP contribution in [0.1, 0.15) is 53.3 Å². The lowest BCUT2D eigenvalue weighted by Gasteiger charge is -2.22. The Kier molecular flexibility index (Phi) is 10.9. The maximum Gasteiger partial charge on any atom is 0.475 e. The molecule has 0 aliphatic carbocycles. The second-order valence-corrected chi connectivity index (χ2v) is 14.8. The molecule has 0 saturated carbocycles. The average Bonchev–Trinajstić information content (AvgIpc) is 3.41. The third-order valence-electron chi connectivity index (χ3n) is 5.75. The van der Waals surface area contributed by atoms with Crippen LogP contribution in [0.4, 0.5) is 5.82 Å². The molecule has 0 radical (unpaired) electrons. The molecule has 1 aliphatic heterocycles. The number of aromatic nitrogens is 3. The molecule has 3 rings (SSSR count). The Bertz CT molecular complexity index is 1250. The predicted octanol–water partition coefficient (Wildman–Crippen LogP) is 3.20. The number of fused-ring (bicyclic) bond motifs is 1. The van der Waals surface area contributed by atoms with E-state index < -0.39 is 49.7 Å². The molecule has 1 aliphatic rings. The van der Waals surface area contributed by atoms with E-state index in [1.54, 1.807) is 53.7 Å². The van der Waals surface area contributed by atoms with Crippen molar-refractivity contribution in [2.75, 3.05) is 30.6 Å². The average molecular weight is 621 g/mol. The lowest BCUT2D eigenvalue weighted by molar-refractivity contribution is -0.118. The number of thioether (sulfide) groups is 2. The van der Waals surface area contributed by atoms with Crippen LogP contribution in [0.3, 0.4) is 0 Å². The molecule has 224 valence electrons. The number of nitrogens with two attached hydrogens (primary N) is 1. The van der Waals surface area contributed by atoms with Crippen molar-refractivity contribution in [2.24, 2.45) is 10.8 Å². The smallest absolute Gasteiger partial charge is 0.387 e. The second-order valence-electron chi connectivity index (χ2n) is 11.2. The summed E-state index contributed by atoms with van der Waals surface area (Å²) in [5.41, 5.74) is 5.60. The summed E-state index contributed by atoms with van der Waals surface area (Å²) in [5, 5.41) is 25.2. The number of phosphoric acid groups is 1. The first-order chi connectivity index (χ1) is 18.5. The molecule has 1 unspecified atom stereocenters. The van der Waals surface area contributed by atoms with Gasteiger partial charge in [-0.1, -0.05) is 65.1 Å². The number of hydrogen-bond acceptors (Lipinski definition) is 14. The van der Waals surface area contributed by atoms with E-state index in [0.717, 1.165) is 23.5 Å². The summed E-state index contributed by atoms with van der Waals surface area (Å²) in [6.45, 7) is 10.00. The van der Waals surface area contributed by atoms with Gasteiger partial charge >= 0.3 is 7.82 Å². The highest BCUT2D eigenvalue weighted by Crippen LogP contribution is 2.51. The number of nitrogen functional groups attached to an aromatic ring is 1. The number of ether oxygens (including phenoxy) is 1. The van der Waals surface area contributed by atoms with Gasteiger partial charge in [-0.15, -0.1) is 0 Å². The van der Waals surface area contributed by atoms with Gasteiger partial charge in [-0.05, 0) is 12.1 Å². The normalized spacial score (nSPS) is 23.4. The number of anilines is 1. The maximum absolute atomic E-state index is 13.4. The third-order valence-corrected chi connectivity index (χ3v) is 9.69. The van der Waals surface area contributed by atoms with Crippen LogP contribution in [0.25, 0.3) is 5.52 Å². The van der Waals surface area contributed by atoms with Crippen LogP contribution >= 0.6 is 31.3 Å². The lowest BCUT2D eigenvalue weighted by Crippen LogP contribution is -2.33. The molecule has 2 aromatic rings. The van der Waals surface area contributed by atoms with Gasteiger partial charge in [0.1, 0.15) is 42.2 Å². The number of aliphatic hydroxyl groups excluding tert-OH is 2. The van der Waals surface area contributed by atoms with Gasteiger partial charge in [0.05, 0.1) is 18.9 Å². The summed E-state index contributed by atoms with van der Waals surface area (Å²) >= 11 is 1.85. The Morgan fingerprint density at radius 3 is 2.35 bits per heavy atom. The van der Waals surface area contributed by atoms with E-state index in [0.29, 0.717) is 11.2 Å². The van der Waals surface area contributed by atoms with Gasteiger partial charge in [0.25, 0.3) is 0 Å². The molecule has 2 aromatic heterocycles. The molecule has 40 heavy (non-hydrogen) atoms. The van der Waals surface area contributed by atoms with E-state index in [1.165, 1.54) is 10.8 Å². The predicted molar refractivity (Wildman–Crippen MR) is 151 cm³/mol. The van der Waals surface area contributed by atoms with E-state index in [9.17, 15) is 24.4 Å². The van der Waals surface area contributed by atoms with Crippen molar-refractivity contribution in [1.82, 2.24) is 14.6 Å². The molecule has 0 amide bonds. The molecular formula is C24H37N4O9PS2. The van der Waals surface area contributed by atoms with Gasteiger partial charge in [0, 0.05) is 16.6 Å². The largest absolute Gasteiger partial charge is 0.475 e. The second kappa shape index (κ2) is 13.2. The van der Waals surface area contributed by atoms with Crippen molar-refractivity contribution < 1.29 is 42.7 Å². The quantitative estimate of drug-likeness (QED) is 0.189. The van der Waals surface area contributed by atoms with E-state index in [1.807, 2.05) is 0 Å². The zero-order valence-electron chi connectivity index (χ0n) is 23.3. The molecule has 4 N–H and O–H groups in total. The summed E-state index contributed by atoms with van der Waals surface area (Å²) < 4.78 is 37.1. The lowest BCUT2D eigenvalue weighted by atomic mass is 9.99. The monoisotopic (exact) mass is 620 g/mol. The molecule has 0 spiro atoms. The highest BCUT2D eigenvalue weighted by Gasteiger charge is 2.46. The molecule has 3 heterocycles. The number of nitrogens with zero attached hydrogens (tertiary/aromatic N) is 3. The fourth-order valence-electron chi connectivity index (χ4n) is 3.46. The fourth-order valence-corrected chi connectivity index (χ4v) is 6.50. The van der Waals surface area contributed by atoms with E-state index >= 15 is 0 Å². The van der Waals surface area contributed by atoms with Crippen LogP contribution < -0.4 is 5.73 Å². The molecule has 1 saturated heterocycles. The standard InChI is InChI=1S/C24H37N4O9PS2/c1-23(2,3)21(31)39-10-9-34-38(33,36-13-40-22(32)24(4,5)6)35-11-16-17(29)18(30)19(37-16)14-7-8-15-20(25)26-12-27-28(14)15/h7-8,12,16-19,29-30H,9-11,13H2,1-6H3,(H2,25,26,27)/t16-,17-,18-,19+,38?/m1/s1. The van der Waals surface area contributed by atoms with Crippen molar-refractivity contribution in [3.63, 3.8) is 0 Å². The number of carbonyl (C=O) groups excluding carboxylic acids is 2. The minimum absolute atomic E-state index is 0.0634. The van der Waals surface area contributed by atoms with Gasteiger partial charge in [-0.2, -0.15) is 5.10 Å². The Morgan fingerprint density at radius 1 is 1.05 bits per heavy atom. The minimum atomic E-state index is -4.27. The fraction of sp³-hybridized carbons (Fsp3) is 0.667. The molecular weight excluding hydrogens is 583 g/mol. The minimum Gasteiger partial charge on any atom is -0.387 e. The molecule has 5 atom stereocenters. The van der Waals surface area contributed by atoms with Crippen LogP contribution in [0.5, 0.6) is 0 Å². The van der Waals surface area contributed by atoms with Gasteiger partial charge in [-0.3, -0.25) is 23.2 Å². The first-order valence-corrected chi connectivity index (χ1v) is 15.9. The highest BCUT2D eigenvalue weighted by atomic mass is 32.2. The molecule has 16 heteroatoms. The number of phosphoric ester groups is 1. The van der Waals surface area contributed by atoms with Gasteiger partial charge < -0.3 is 20.7 Å². The number of aliphatic hydroxyl groups is 2. The van der Waals surface area contributed by atoms with E-state index in [4.69, 9.17) is 24.0 Å². The van der Waals surface area contributed by atoms with Crippen LogP contribution in [0.15, 0.2) is 18.5 Å². The molecule has 13 nitrogen and oxygen atoms in total. The highest BCUT2D eigenvalue weighted by molar-refractivity contribution is 8.14. The number of hydrogen-bond donors (Lipinski definition) is 3. The van der Waals surface area contributed by atoms with Crippen molar-refractivity contribution in [3.8, 4) is 0 Å². The summed E-state index contributed by atoms with van der Waals surface area (Å²) in [4.78, 5) is 28.4. The zero-order chi connectivity index (χ0) is 29.9. The SMILES string of the molecule is CC(C)(C)C(=O)SCCOP(=O)(OCSC(=O)C(C)(C)C)OC[C@H]1O[C@@H](c2ccc3c(N)ncnn23)[C@H](O)[C@@H]1O. The Labute approximate surface area is 241 Å².